The minimum absolute atomic E-state index is 0.303. The predicted octanol–water partition coefficient (Wildman–Crippen LogP) is 1.42. The van der Waals surface area contributed by atoms with E-state index in [1.807, 2.05) is 24.3 Å². The SMILES string of the molecule is COc1ccc2c(c1)C=C(C(=O)NC(=N)N)CCC2. The first-order chi connectivity index (χ1) is 9.10. The van der Waals surface area contributed by atoms with Gasteiger partial charge in [0.2, 0.25) is 0 Å². The van der Waals surface area contributed by atoms with E-state index in [0.717, 1.165) is 24.2 Å². The van der Waals surface area contributed by atoms with Gasteiger partial charge in [-0.15, -0.1) is 0 Å². The van der Waals surface area contributed by atoms with E-state index >= 15 is 0 Å². The number of ether oxygens (including phenoxy) is 1. The average molecular weight is 259 g/mol. The third-order valence-corrected chi connectivity index (χ3v) is 3.11. The lowest BCUT2D eigenvalue weighted by Gasteiger charge is -2.06. The maximum absolute atomic E-state index is 11.9. The summed E-state index contributed by atoms with van der Waals surface area (Å²) in [4.78, 5) is 11.9. The van der Waals surface area contributed by atoms with Gasteiger partial charge in [-0.2, -0.15) is 0 Å². The second-order valence-corrected chi connectivity index (χ2v) is 4.46. The Bertz CT molecular complexity index is 550. The number of hydrogen-bond donors (Lipinski definition) is 3. The predicted molar refractivity (Wildman–Crippen MR) is 74.0 cm³/mol. The number of nitrogens with one attached hydrogen (secondary N) is 2. The zero-order chi connectivity index (χ0) is 13.8. The molecule has 0 saturated carbocycles. The molecule has 5 heteroatoms. The topological polar surface area (TPSA) is 88.2 Å². The maximum Gasteiger partial charge on any atom is 0.253 e. The van der Waals surface area contributed by atoms with Gasteiger partial charge in [0.1, 0.15) is 5.75 Å². The monoisotopic (exact) mass is 259 g/mol. The Balaban J connectivity index is 2.33. The van der Waals surface area contributed by atoms with Crippen molar-refractivity contribution in [1.29, 1.82) is 5.41 Å². The first-order valence-electron chi connectivity index (χ1n) is 6.13. The largest absolute Gasteiger partial charge is 0.497 e. The average Bonchev–Trinajstić information content (AvgIpc) is 2.59. The van der Waals surface area contributed by atoms with Crippen LogP contribution in [0.2, 0.25) is 0 Å². The van der Waals surface area contributed by atoms with Crippen LogP contribution in [0, 0.1) is 5.41 Å². The molecule has 0 radical (unpaired) electrons. The van der Waals surface area contributed by atoms with Crippen LogP contribution in [0.3, 0.4) is 0 Å². The molecule has 1 aromatic carbocycles. The number of amides is 1. The number of nitrogens with two attached hydrogens (primary N) is 1. The molecule has 1 aliphatic rings. The van der Waals surface area contributed by atoms with Gasteiger partial charge in [-0.25, -0.2) is 0 Å². The van der Waals surface area contributed by atoms with Crippen molar-refractivity contribution in [2.75, 3.05) is 7.11 Å². The summed E-state index contributed by atoms with van der Waals surface area (Å²) in [6.07, 6.45) is 4.35. The molecule has 1 aliphatic carbocycles. The summed E-state index contributed by atoms with van der Waals surface area (Å²) in [6, 6.07) is 5.87. The summed E-state index contributed by atoms with van der Waals surface area (Å²) >= 11 is 0. The maximum atomic E-state index is 11.9. The molecular weight excluding hydrogens is 242 g/mol. The van der Waals surface area contributed by atoms with Crippen LogP contribution in [0.15, 0.2) is 23.8 Å². The Hall–Kier alpha value is -2.30. The van der Waals surface area contributed by atoms with Crippen LogP contribution in [-0.4, -0.2) is 19.0 Å². The first-order valence-corrected chi connectivity index (χ1v) is 6.13. The van der Waals surface area contributed by atoms with Crippen molar-refractivity contribution in [3.05, 3.63) is 34.9 Å². The molecule has 1 amide bonds. The van der Waals surface area contributed by atoms with E-state index in [1.165, 1.54) is 5.56 Å². The number of methoxy groups -OCH3 is 1. The van der Waals surface area contributed by atoms with Crippen LogP contribution >= 0.6 is 0 Å². The van der Waals surface area contributed by atoms with Crippen molar-refractivity contribution in [2.45, 2.75) is 19.3 Å². The molecule has 0 bridgehead atoms. The smallest absolute Gasteiger partial charge is 0.253 e. The summed E-state index contributed by atoms with van der Waals surface area (Å²) in [6.45, 7) is 0. The fourth-order valence-electron chi connectivity index (χ4n) is 2.17. The van der Waals surface area contributed by atoms with E-state index in [0.29, 0.717) is 12.0 Å². The number of guanidine groups is 1. The number of rotatable bonds is 2. The molecular formula is C14H17N3O2. The Kier molecular flexibility index (Phi) is 3.85. The van der Waals surface area contributed by atoms with Gasteiger partial charge >= 0.3 is 0 Å². The van der Waals surface area contributed by atoms with E-state index in [-0.39, 0.29) is 11.9 Å². The lowest BCUT2D eigenvalue weighted by Crippen LogP contribution is -2.36. The van der Waals surface area contributed by atoms with Crippen LogP contribution in [0.4, 0.5) is 0 Å². The molecule has 0 aliphatic heterocycles. The molecule has 0 spiro atoms. The zero-order valence-corrected chi connectivity index (χ0v) is 10.8. The minimum atomic E-state index is -0.332. The van der Waals surface area contributed by atoms with E-state index in [1.54, 1.807) is 7.11 Å². The van der Waals surface area contributed by atoms with Crippen molar-refractivity contribution in [3.8, 4) is 5.75 Å². The third kappa shape index (κ3) is 3.13. The molecule has 0 saturated heterocycles. The Morgan fingerprint density at radius 2 is 2.21 bits per heavy atom. The van der Waals surface area contributed by atoms with Crippen molar-refractivity contribution in [1.82, 2.24) is 5.32 Å². The van der Waals surface area contributed by atoms with Crippen LogP contribution < -0.4 is 15.8 Å². The minimum Gasteiger partial charge on any atom is -0.497 e. The molecule has 1 aromatic rings. The second kappa shape index (κ2) is 5.56. The fourth-order valence-corrected chi connectivity index (χ4v) is 2.17. The first kappa shape index (κ1) is 13.1. The second-order valence-electron chi connectivity index (χ2n) is 4.46. The lowest BCUT2D eigenvalue weighted by molar-refractivity contribution is -0.116. The number of aryl methyl sites for hydroxylation is 1. The highest BCUT2D eigenvalue weighted by Crippen LogP contribution is 2.26. The van der Waals surface area contributed by atoms with E-state index in [2.05, 4.69) is 5.32 Å². The number of carbonyl (C=O) groups is 1. The Labute approximate surface area is 112 Å². The highest BCUT2D eigenvalue weighted by Gasteiger charge is 2.15. The molecule has 19 heavy (non-hydrogen) atoms. The standard InChI is InChI=1S/C14H17N3O2/c1-19-12-6-5-9-3-2-4-10(7-11(9)8-12)13(18)17-14(15)16/h5-8H,2-4H2,1H3,(H4,15,16,17,18). The van der Waals surface area contributed by atoms with Crippen LogP contribution in [-0.2, 0) is 11.2 Å². The summed E-state index contributed by atoms with van der Waals surface area (Å²) in [5.41, 5.74) is 8.02. The van der Waals surface area contributed by atoms with Crippen LogP contribution in [0.25, 0.3) is 6.08 Å². The molecule has 0 unspecified atom stereocenters. The van der Waals surface area contributed by atoms with Gasteiger partial charge < -0.3 is 10.5 Å². The van der Waals surface area contributed by atoms with Crippen LogP contribution in [0.5, 0.6) is 5.75 Å². The lowest BCUT2D eigenvalue weighted by atomic mass is 10.0. The molecule has 0 aromatic heterocycles. The number of benzene rings is 1. The molecule has 0 atom stereocenters. The van der Waals surface area contributed by atoms with Gasteiger partial charge in [0.15, 0.2) is 5.96 Å². The van der Waals surface area contributed by atoms with E-state index in [9.17, 15) is 4.79 Å². The highest BCUT2D eigenvalue weighted by atomic mass is 16.5. The molecule has 5 nitrogen and oxygen atoms in total. The van der Waals surface area contributed by atoms with Gasteiger partial charge in [0.05, 0.1) is 7.11 Å². The molecule has 0 heterocycles. The summed E-state index contributed by atoms with van der Waals surface area (Å²) in [7, 11) is 1.62. The van der Waals surface area contributed by atoms with Gasteiger partial charge in [0.25, 0.3) is 5.91 Å². The molecule has 2 rings (SSSR count). The number of fused-ring (bicyclic) bond motifs is 1. The summed E-state index contributed by atoms with van der Waals surface area (Å²) in [5.74, 6) is 0.132. The van der Waals surface area contributed by atoms with Gasteiger partial charge in [-0.3, -0.25) is 15.5 Å². The summed E-state index contributed by atoms with van der Waals surface area (Å²) < 4.78 is 5.20. The third-order valence-electron chi connectivity index (χ3n) is 3.11. The Morgan fingerprint density at radius 1 is 1.42 bits per heavy atom. The fraction of sp³-hybridized carbons (Fsp3) is 0.286. The molecule has 100 valence electrons. The molecule has 0 fully saturated rings. The Morgan fingerprint density at radius 3 is 2.89 bits per heavy atom. The normalized spacial score (nSPS) is 13.8. The zero-order valence-electron chi connectivity index (χ0n) is 10.8. The summed E-state index contributed by atoms with van der Waals surface area (Å²) in [5, 5.41) is 9.43. The quantitative estimate of drug-likeness (QED) is 0.554. The van der Waals surface area contributed by atoms with Crippen molar-refractivity contribution in [2.24, 2.45) is 5.73 Å². The van der Waals surface area contributed by atoms with Crippen molar-refractivity contribution in [3.63, 3.8) is 0 Å². The van der Waals surface area contributed by atoms with Gasteiger partial charge in [-0.05, 0) is 48.6 Å². The van der Waals surface area contributed by atoms with E-state index in [4.69, 9.17) is 15.9 Å². The number of hydrogen-bond acceptors (Lipinski definition) is 3. The van der Waals surface area contributed by atoms with Crippen molar-refractivity contribution < 1.29 is 9.53 Å². The van der Waals surface area contributed by atoms with Gasteiger partial charge in [0, 0.05) is 5.57 Å². The van der Waals surface area contributed by atoms with Crippen molar-refractivity contribution >= 4 is 17.9 Å². The molecule has 4 N–H and O–H groups in total. The highest BCUT2D eigenvalue weighted by molar-refractivity contribution is 6.06. The number of carbonyl (C=O) groups excluding carboxylic acids is 1. The van der Waals surface area contributed by atoms with Gasteiger partial charge in [-0.1, -0.05) is 6.07 Å². The van der Waals surface area contributed by atoms with Crippen LogP contribution in [0.1, 0.15) is 24.0 Å². The van der Waals surface area contributed by atoms with E-state index < -0.39 is 0 Å².